The number of hydrogen-bond acceptors (Lipinski definition) is 4. The molecule has 1 aromatic carbocycles. The highest BCUT2D eigenvalue weighted by Crippen LogP contribution is 2.24. The van der Waals surface area contributed by atoms with Crippen molar-refractivity contribution in [1.29, 1.82) is 0 Å². The van der Waals surface area contributed by atoms with E-state index >= 15 is 0 Å². The van der Waals surface area contributed by atoms with Crippen molar-refractivity contribution >= 4 is 29.0 Å². The number of rotatable bonds is 5. The molecule has 2 aromatic heterocycles. The molecule has 0 unspecified atom stereocenters. The van der Waals surface area contributed by atoms with E-state index in [0.717, 1.165) is 41.6 Å². The van der Waals surface area contributed by atoms with E-state index in [1.54, 1.807) is 11.9 Å². The summed E-state index contributed by atoms with van der Waals surface area (Å²) in [7, 11) is 1.74. The molecule has 0 spiro atoms. The number of nitrogens with one attached hydrogen (secondary N) is 1. The quantitative estimate of drug-likeness (QED) is 0.687. The van der Waals surface area contributed by atoms with Crippen LogP contribution in [0.5, 0.6) is 0 Å². The Hall–Kier alpha value is -2.64. The van der Waals surface area contributed by atoms with Crippen LogP contribution in [0, 0.1) is 0 Å². The van der Waals surface area contributed by atoms with Gasteiger partial charge in [-0.1, -0.05) is 24.1 Å². The predicted molar refractivity (Wildman–Crippen MR) is 114 cm³/mol. The van der Waals surface area contributed by atoms with E-state index in [1.807, 2.05) is 47.0 Å². The van der Waals surface area contributed by atoms with Crippen molar-refractivity contribution in [1.82, 2.24) is 24.4 Å². The summed E-state index contributed by atoms with van der Waals surface area (Å²) < 4.78 is 1.88. The summed E-state index contributed by atoms with van der Waals surface area (Å²) in [6.07, 6.45) is 5.66. The van der Waals surface area contributed by atoms with Crippen molar-refractivity contribution in [2.45, 2.75) is 32.4 Å². The Morgan fingerprint density at radius 3 is 2.83 bits per heavy atom. The van der Waals surface area contributed by atoms with Crippen LogP contribution in [0.1, 0.15) is 30.7 Å². The standard InChI is InChI=1S/C21H25ClN6O/c1-26(15-20-25-24-19-7-3-6-12-28(19)20)21(29)23-17-8-9-18(22)16(13-17)14-27-10-4-2-5-11-27/h3,6-9,12-13H,2,4-5,10-11,14-15H2,1H3,(H,23,29). The first-order valence-electron chi connectivity index (χ1n) is 9.92. The topological polar surface area (TPSA) is 65.8 Å². The number of fused-ring (bicyclic) bond motifs is 1. The molecule has 1 fully saturated rings. The molecule has 1 saturated heterocycles. The van der Waals surface area contributed by atoms with Gasteiger partial charge >= 0.3 is 6.03 Å². The molecular weight excluding hydrogens is 388 g/mol. The van der Waals surface area contributed by atoms with Gasteiger partial charge in [0.1, 0.15) is 0 Å². The molecule has 0 radical (unpaired) electrons. The number of urea groups is 1. The monoisotopic (exact) mass is 412 g/mol. The number of hydrogen-bond donors (Lipinski definition) is 1. The molecule has 29 heavy (non-hydrogen) atoms. The summed E-state index contributed by atoms with van der Waals surface area (Å²) in [5.74, 6) is 0.708. The zero-order chi connectivity index (χ0) is 20.2. The van der Waals surface area contributed by atoms with Crippen LogP contribution < -0.4 is 5.32 Å². The third-order valence-corrected chi connectivity index (χ3v) is 5.62. The van der Waals surface area contributed by atoms with Crippen LogP contribution in [0.3, 0.4) is 0 Å². The minimum Gasteiger partial charge on any atom is -0.320 e. The second-order valence-electron chi connectivity index (χ2n) is 7.47. The number of nitrogens with zero attached hydrogens (tertiary/aromatic N) is 5. The molecule has 1 aliphatic rings. The fourth-order valence-electron chi connectivity index (χ4n) is 3.63. The lowest BCUT2D eigenvalue weighted by Gasteiger charge is -2.27. The molecule has 8 heteroatoms. The molecule has 0 aliphatic carbocycles. The Kier molecular flexibility index (Phi) is 5.97. The molecule has 3 heterocycles. The van der Waals surface area contributed by atoms with Gasteiger partial charge in [0.25, 0.3) is 0 Å². The zero-order valence-electron chi connectivity index (χ0n) is 16.5. The van der Waals surface area contributed by atoms with Gasteiger partial charge in [-0.2, -0.15) is 0 Å². The lowest BCUT2D eigenvalue weighted by Crippen LogP contribution is -2.31. The molecule has 1 N–H and O–H groups in total. The van der Waals surface area contributed by atoms with Crippen molar-refractivity contribution in [2.75, 3.05) is 25.5 Å². The molecule has 7 nitrogen and oxygen atoms in total. The van der Waals surface area contributed by atoms with Crippen molar-refractivity contribution in [2.24, 2.45) is 0 Å². The van der Waals surface area contributed by atoms with Crippen LogP contribution in [0.25, 0.3) is 5.65 Å². The summed E-state index contributed by atoms with van der Waals surface area (Å²) in [6, 6.07) is 11.2. The van der Waals surface area contributed by atoms with Crippen LogP contribution >= 0.6 is 11.6 Å². The number of carbonyl (C=O) groups excluding carboxylic acids is 1. The number of piperidine rings is 1. The first-order valence-corrected chi connectivity index (χ1v) is 10.3. The van der Waals surface area contributed by atoms with Gasteiger partial charge in [0.05, 0.1) is 6.54 Å². The summed E-state index contributed by atoms with van der Waals surface area (Å²) in [5, 5.41) is 12.0. The van der Waals surface area contributed by atoms with E-state index in [4.69, 9.17) is 11.6 Å². The van der Waals surface area contributed by atoms with Crippen molar-refractivity contribution in [3.63, 3.8) is 0 Å². The number of aromatic nitrogens is 3. The van der Waals surface area contributed by atoms with Crippen LogP contribution in [-0.4, -0.2) is 50.6 Å². The molecule has 0 saturated carbocycles. The summed E-state index contributed by atoms with van der Waals surface area (Å²) in [5.41, 5.74) is 2.54. The molecule has 3 aromatic rings. The highest BCUT2D eigenvalue weighted by atomic mass is 35.5. The van der Waals surface area contributed by atoms with Crippen molar-refractivity contribution in [3.05, 3.63) is 59.0 Å². The van der Waals surface area contributed by atoms with Gasteiger partial charge in [-0.15, -0.1) is 10.2 Å². The van der Waals surface area contributed by atoms with Gasteiger partial charge in [-0.05, 0) is 61.8 Å². The van der Waals surface area contributed by atoms with E-state index in [-0.39, 0.29) is 6.03 Å². The van der Waals surface area contributed by atoms with Crippen molar-refractivity contribution in [3.8, 4) is 0 Å². The first-order chi connectivity index (χ1) is 14.1. The van der Waals surface area contributed by atoms with Gasteiger partial charge in [0.2, 0.25) is 0 Å². The maximum absolute atomic E-state index is 12.7. The van der Waals surface area contributed by atoms with E-state index in [0.29, 0.717) is 12.4 Å². The minimum absolute atomic E-state index is 0.205. The highest BCUT2D eigenvalue weighted by Gasteiger charge is 2.16. The van der Waals surface area contributed by atoms with Gasteiger partial charge in [0, 0.05) is 30.5 Å². The maximum atomic E-state index is 12.7. The minimum atomic E-state index is -0.205. The first kappa shape index (κ1) is 19.7. The molecule has 4 rings (SSSR count). The number of amides is 2. The Bertz CT molecular complexity index is 998. The second kappa shape index (κ2) is 8.80. The number of carbonyl (C=O) groups is 1. The number of halogens is 1. The van der Waals surface area contributed by atoms with E-state index in [2.05, 4.69) is 20.4 Å². The molecule has 2 amide bonds. The number of anilines is 1. The molecular formula is C21H25ClN6O. The van der Waals surface area contributed by atoms with E-state index in [9.17, 15) is 4.79 Å². The largest absolute Gasteiger partial charge is 0.321 e. The molecule has 152 valence electrons. The Morgan fingerprint density at radius 1 is 1.17 bits per heavy atom. The predicted octanol–water partition coefficient (Wildman–Crippen LogP) is 4.03. The van der Waals surface area contributed by atoms with Gasteiger partial charge in [-0.3, -0.25) is 9.30 Å². The fraction of sp³-hybridized carbons (Fsp3) is 0.381. The lowest BCUT2D eigenvalue weighted by atomic mass is 10.1. The highest BCUT2D eigenvalue weighted by molar-refractivity contribution is 6.31. The number of benzene rings is 1. The van der Waals surface area contributed by atoms with Gasteiger partial charge in [-0.25, -0.2) is 4.79 Å². The normalized spacial score (nSPS) is 14.8. The molecule has 0 atom stereocenters. The maximum Gasteiger partial charge on any atom is 0.321 e. The number of pyridine rings is 1. The average molecular weight is 413 g/mol. The summed E-state index contributed by atoms with van der Waals surface area (Å²) >= 11 is 6.40. The summed E-state index contributed by atoms with van der Waals surface area (Å²) in [6.45, 7) is 3.36. The van der Waals surface area contributed by atoms with Gasteiger partial charge in [0.15, 0.2) is 11.5 Å². The van der Waals surface area contributed by atoms with E-state index in [1.165, 1.54) is 19.3 Å². The Morgan fingerprint density at radius 2 is 2.00 bits per heavy atom. The average Bonchev–Trinajstić information content (AvgIpc) is 3.14. The van der Waals surface area contributed by atoms with E-state index < -0.39 is 0 Å². The third kappa shape index (κ3) is 4.68. The molecule has 0 bridgehead atoms. The zero-order valence-corrected chi connectivity index (χ0v) is 17.3. The fourth-order valence-corrected chi connectivity index (χ4v) is 3.81. The van der Waals surface area contributed by atoms with Gasteiger partial charge < -0.3 is 10.2 Å². The SMILES string of the molecule is CN(Cc1nnc2ccccn12)C(=O)Nc1ccc(Cl)c(CN2CCCCC2)c1. The van der Waals surface area contributed by atoms with Crippen LogP contribution in [-0.2, 0) is 13.1 Å². The third-order valence-electron chi connectivity index (χ3n) is 5.25. The van der Waals surface area contributed by atoms with Crippen LogP contribution in [0.15, 0.2) is 42.6 Å². The smallest absolute Gasteiger partial charge is 0.320 e. The lowest BCUT2D eigenvalue weighted by molar-refractivity contribution is 0.219. The van der Waals surface area contributed by atoms with Crippen LogP contribution in [0.2, 0.25) is 5.02 Å². The second-order valence-corrected chi connectivity index (χ2v) is 7.88. The molecule has 1 aliphatic heterocycles. The number of likely N-dealkylation sites (tertiary alicyclic amines) is 1. The Labute approximate surface area is 175 Å². The van der Waals surface area contributed by atoms with Crippen LogP contribution in [0.4, 0.5) is 10.5 Å². The van der Waals surface area contributed by atoms with Crippen molar-refractivity contribution < 1.29 is 4.79 Å². The summed E-state index contributed by atoms with van der Waals surface area (Å²) in [4.78, 5) is 16.7. The Balaban J connectivity index is 1.41.